The lowest BCUT2D eigenvalue weighted by Crippen LogP contribution is -2.41. The number of carbonyl (C=O) groups excluding carboxylic acids is 1. The molecule has 4 heteroatoms. The first-order chi connectivity index (χ1) is 9.07. The Labute approximate surface area is 113 Å². The van der Waals surface area contributed by atoms with Gasteiger partial charge in [-0.05, 0) is 36.5 Å². The minimum atomic E-state index is -0.604. The summed E-state index contributed by atoms with van der Waals surface area (Å²) in [5.41, 5.74) is 2.25. The van der Waals surface area contributed by atoms with Gasteiger partial charge in [-0.3, -0.25) is 4.79 Å². The van der Waals surface area contributed by atoms with Crippen molar-refractivity contribution in [2.24, 2.45) is 0 Å². The Morgan fingerprint density at radius 3 is 2.89 bits per heavy atom. The Bertz CT molecular complexity index is 508. The first-order valence-corrected chi connectivity index (χ1v) is 6.75. The lowest BCUT2D eigenvalue weighted by molar-refractivity contribution is -0.0996. The molecule has 1 heterocycles. The minimum absolute atomic E-state index is 0.0782. The molecular weight excluding hydrogens is 242 g/mol. The first-order valence-electron chi connectivity index (χ1n) is 6.75. The van der Waals surface area contributed by atoms with Gasteiger partial charge in [-0.2, -0.15) is 0 Å². The van der Waals surface area contributed by atoms with E-state index in [2.05, 4.69) is 0 Å². The molecule has 2 aliphatic rings. The molecule has 1 aliphatic heterocycles. The van der Waals surface area contributed by atoms with E-state index in [0.717, 1.165) is 36.0 Å². The maximum absolute atomic E-state index is 11.9. The lowest BCUT2D eigenvalue weighted by atomic mass is 9.81. The van der Waals surface area contributed by atoms with Gasteiger partial charge in [-0.25, -0.2) is 0 Å². The van der Waals surface area contributed by atoms with E-state index in [-0.39, 0.29) is 5.91 Å². The summed E-state index contributed by atoms with van der Waals surface area (Å²) in [6.07, 6.45) is 2.75. The van der Waals surface area contributed by atoms with Crippen molar-refractivity contribution in [2.75, 3.05) is 13.7 Å². The summed E-state index contributed by atoms with van der Waals surface area (Å²) in [6.45, 7) is 1.53. The summed E-state index contributed by atoms with van der Waals surface area (Å²) < 4.78 is 5.57. The number of aliphatic hydroxyl groups is 1. The topological polar surface area (TPSA) is 49.8 Å². The zero-order valence-electron chi connectivity index (χ0n) is 11.2. The number of amides is 1. The van der Waals surface area contributed by atoms with Crippen LogP contribution in [0.4, 0.5) is 0 Å². The highest BCUT2D eigenvalue weighted by Gasteiger charge is 2.34. The zero-order valence-corrected chi connectivity index (χ0v) is 11.2. The SMILES string of the molecule is CN1Cc2ccc(COCC3(O)CCC3)cc2C1=O. The molecule has 3 rings (SSSR count). The van der Waals surface area contributed by atoms with Gasteiger partial charge in [0.25, 0.3) is 5.91 Å². The van der Waals surface area contributed by atoms with Crippen LogP contribution in [-0.2, 0) is 17.9 Å². The summed E-state index contributed by atoms with van der Waals surface area (Å²) in [6, 6.07) is 5.90. The largest absolute Gasteiger partial charge is 0.387 e. The van der Waals surface area contributed by atoms with Gasteiger partial charge in [0.05, 0.1) is 18.8 Å². The molecule has 0 aromatic heterocycles. The zero-order chi connectivity index (χ0) is 13.5. The van der Waals surface area contributed by atoms with E-state index in [1.165, 1.54) is 0 Å². The maximum atomic E-state index is 11.9. The van der Waals surface area contributed by atoms with Gasteiger partial charge in [-0.1, -0.05) is 12.1 Å². The fourth-order valence-electron chi connectivity index (χ4n) is 2.67. The van der Waals surface area contributed by atoms with E-state index in [1.807, 2.05) is 25.2 Å². The van der Waals surface area contributed by atoms with Gasteiger partial charge >= 0.3 is 0 Å². The van der Waals surface area contributed by atoms with Crippen LogP contribution >= 0.6 is 0 Å². The quantitative estimate of drug-likeness (QED) is 0.897. The summed E-state index contributed by atoms with van der Waals surface area (Å²) >= 11 is 0. The Balaban J connectivity index is 1.62. The second-order valence-electron chi connectivity index (χ2n) is 5.72. The molecule has 0 spiro atoms. The number of carbonyl (C=O) groups is 1. The molecule has 1 fully saturated rings. The van der Waals surface area contributed by atoms with Crippen LogP contribution in [0.5, 0.6) is 0 Å². The second-order valence-corrected chi connectivity index (χ2v) is 5.72. The molecule has 1 amide bonds. The average Bonchev–Trinajstić information content (AvgIpc) is 2.64. The smallest absolute Gasteiger partial charge is 0.254 e. The second kappa shape index (κ2) is 4.62. The van der Waals surface area contributed by atoms with Crippen LogP contribution in [0, 0.1) is 0 Å². The maximum Gasteiger partial charge on any atom is 0.254 e. The fraction of sp³-hybridized carbons (Fsp3) is 0.533. The Morgan fingerprint density at radius 2 is 2.21 bits per heavy atom. The normalized spacial score (nSPS) is 20.3. The van der Waals surface area contributed by atoms with E-state index in [1.54, 1.807) is 4.90 Å². The van der Waals surface area contributed by atoms with Gasteiger partial charge in [0, 0.05) is 19.2 Å². The van der Waals surface area contributed by atoms with Crippen LogP contribution in [0.25, 0.3) is 0 Å². The molecule has 1 aliphatic carbocycles. The number of ether oxygens (including phenoxy) is 1. The number of nitrogens with zero attached hydrogens (tertiary/aromatic N) is 1. The van der Waals surface area contributed by atoms with Crippen molar-refractivity contribution in [3.8, 4) is 0 Å². The van der Waals surface area contributed by atoms with Crippen molar-refractivity contribution in [3.05, 3.63) is 34.9 Å². The van der Waals surface area contributed by atoms with Gasteiger partial charge in [-0.15, -0.1) is 0 Å². The molecule has 0 saturated heterocycles. The molecule has 1 aromatic rings. The molecule has 4 nitrogen and oxygen atoms in total. The summed E-state index contributed by atoms with van der Waals surface area (Å²) in [7, 11) is 1.81. The summed E-state index contributed by atoms with van der Waals surface area (Å²) in [5.74, 6) is 0.0782. The van der Waals surface area contributed by atoms with Crippen molar-refractivity contribution in [2.45, 2.75) is 38.0 Å². The van der Waals surface area contributed by atoms with Crippen LogP contribution in [0.3, 0.4) is 0 Å². The van der Waals surface area contributed by atoms with Gasteiger partial charge < -0.3 is 14.7 Å². The minimum Gasteiger partial charge on any atom is -0.387 e. The van der Waals surface area contributed by atoms with E-state index in [9.17, 15) is 9.90 Å². The Hall–Kier alpha value is -1.39. The van der Waals surface area contributed by atoms with Crippen molar-refractivity contribution in [3.63, 3.8) is 0 Å². The van der Waals surface area contributed by atoms with Crippen LogP contribution in [0.2, 0.25) is 0 Å². The summed E-state index contributed by atoms with van der Waals surface area (Å²) in [4.78, 5) is 13.6. The fourth-order valence-corrected chi connectivity index (χ4v) is 2.67. The standard InChI is InChI=1S/C15H19NO3/c1-16-8-12-4-3-11(7-13(12)14(16)17)9-19-10-15(18)5-2-6-15/h3-4,7,18H,2,5-6,8-10H2,1H3. The third-order valence-electron chi connectivity index (χ3n) is 4.08. The van der Waals surface area contributed by atoms with E-state index in [0.29, 0.717) is 19.8 Å². The molecule has 0 atom stereocenters. The molecule has 0 bridgehead atoms. The van der Waals surface area contributed by atoms with Crippen molar-refractivity contribution >= 4 is 5.91 Å². The molecule has 102 valence electrons. The van der Waals surface area contributed by atoms with Crippen LogP contribution in [-0.4, -0.2) is 35.2 Å². The molecular formula is C15H19NO3. The van der Waals surface area contributed by atoms with Gasteiger partial charge in [0.1, 0.15) is 0 Å². The number of benzene rings is 1. The number of fused-ring (bicyclic) bond motifs is 1. The van der Waals surface area contributed by atoms with E-state index < -0.39 is 5.60 Å². The van der Waals surface area contributed by atoms with Crippen LogP contribution in [0.15, 0.2) is 18.2 Å². The first kappa shape index (κ1) is 12.6. The monoisotopic (exact) mass is 261 g/mol. The molecule has 0 unspecified atom stereocenters. The van der Waals surface area contributed by atoms with Crippen molar-refractivity contribution in [1.29, 1.82) is 0 Å². The Kier molecular flexibility index (Phi) is 3.07. The lowest BCUT2D eigenvalue weighted by Gasteiger charge is -2.36. The molecule has 1 N–H and O–H groups in total. The molecule has 1 aromatic carbocycles. The molecule has 19 heavy (non-hydrogen) atoms. The van der Waals surface area contributed by atoms with Crippen molar-refractivity contribution in [1.82, 2.24) is 4.90 Å². The third-order valence-corrected chi connectivity index (χ3v) is 4.08. The highest BCUT2D eigenvalue weighted by Crippen LogP contribution is 2.32. The summed E-state index contributed by atoms with van der Waals surface area (Å²) in [5, 5.41) is 9.93. The molecule has 1 saturated carbocycles. The molecule has 0 radical (unpaired) electrons. The highest BCUT2D eigenvalue weighted by molar-refractivity contribution is 5.98. The predicted octanol–water partition coefficient (Wildman–Crippen LogP) is 1.70. The Morgan fingerprint density at radius 1 is 1.42 bits per heavy atom. The average molecular weight is 261 g/mol. The number of hydrogen-bond donors (Lipinski definition) is 1. The highest BCUT2D eigenvalue weighted by atomic mass is 16.5. The number of hydrogen-bond acceptors (Lipinski definition) is 3. The van der Waals surface area contributed by atoms with Crippen LogP contribution < -0.4 is 0 Å². The predicted molar refractivity (Wildman–Crippen MR) is 70.7 cm³/mol. The van der Waals surface area contributed by atoms with Crippen molar-refractivity contribution < 1.29 is 14.6 Å². The number of rotatable bonds is 4. The van der Waals surface area contributed by atoms with Crippen LogP contribution in [0.1, 0.15) is 40.7 Å². The third kappa shape index (κ3) is 2.38. The van der Waals surface area contributed by atoms with Gasteiger partial charge in [0.15, 0.2) is 0 Å². The van der Waals surface area contributed by atoms with E-state index in [4.69, 9.17) is 4.74 Å². The van der Waals surface area contributed by atoms with E-state index >= 15 is 0 Å². The van der Waals surface area contributed by atoms with Gasteiger partial charge in [0.2, 0.25) is 0 Å².